The minimum absolute atomic E-state index is 0.0601. The van der Waals surface area contributed by atoms with Crippen molar-refractivity contribution in [1.29, 1.82) is 0 Å². The quantitative estimate of drug-likeness (QED) is 0.650. The van der Waals surface area contributed by atoms with E-state index < -0.39 is 0 Å². The molecule has 0 spiro atoms. The molecule has 0 aromatic heterocycles. The van der Waals surface area contributed by atoms with Crippen molar-refractivity contribution >= 4 is 5.97 Å². The van der Waals surface area contributed by atoms with E-state index in [4.69, 9.17) is 4.74 Å². The fourth-order valence-corrected chi connectivity index (χ4v) is 0.451. The molecule has 0 fully saturated rings. The lowest BCUT2D eigenvalue weighted by atomic mass is 10.1. The third kappa shape index (κ3) is 11.5. The molecule has 1 atom stereocenters. The second-order valence-corrected chi connectivity index (χ2v) is 3.86. The summed E-state index contributed by atoms with van der Waals surface area (Å²) in [5, 5.41) is 0. The highest BCUT2D eigenvalue weighted by Crippen LogP contribution is 2.01. The van der Waals surface area contributed by atoms with Gasteiger partial charge in [-0.25, -0.2) is 0 Å². The van der Waals surface area contributed by atoms with Gasteiger partial charge in [0.15, 0.2) is 0 Å². The van der Waals surface area contributed by atoms with Crippen molar-refractivity contribution < 1.29 is 9.53 Å². The molecule has 0 aliphatic carbocycles. The molecule has 0 rings (SSSR count). The molecule has 0 N–H and O–H groups in total. The molecule has 0 aliphatic rings. The van der Waals surface area contributed by atoms with Crippen LogP contribution in [-0.2, 0) is 9.53 Å². The Morgan fingerprint density at radius 2 is 1.50 bits per heavy atom. The maximum Gasteiger partial charge on any atom is 0.308 e. The summed E-state index contributed by atoms with van der Waals surface area (Å²) in [6, 6.07) is 0. The summed E-state index contributed by atoms with van der Waals surface area (Å²) in [7, 11) is 0. The lowest BCUT2D eigenvalue weighted by Gasteiger charge is -2.05. The Morgan fingerprint density at radius 1 is 1.07 bits per heavy atom. The Kier molecular flexibility index (Phi) is 12.0. The van der Waals surface area contributed by atoms with Crippen LogP contribution in [0.1, 0.15) is 54.4 Å². The predicted molar refractivity (Wildman–Crippen MR) is 61.2 cm³/mol. The van der Waals surface area contributed by atoms with E-state index in [2.05, 4.69) is 20.8 Å². The average Bonchev–Trinajstić information content (AvgIpc) is 2.17. The van der Waals surface area contributed by atoms with Gasteiger partial charge in [-0.3, -0.25) is 4.79 Å². The first-order valence-corrected chi connectivity index (χ1v) is 5.66. The number of hydrogen-bond donors (Lipinski definition) is 0. The molecule has 0 aromatic rings. The van der Waals surface area contributed by atoms with Crippen molar-refractivity contribution in [3.05, 3.63) is 0 Å². The molecule has 86 valence electrons. The van der Waals surface area contributed by atoms with Gasteiger partial charge in [0.25, 0.3) is 0 Å². The van der Waals surface area contributed by atoms with E-state index in [-0.39, 0.29) is 11.9 Å². The van der Waals surface area contributed by atoms with Crippen LogP contribution in [0.15, 0.2) is 0 Å². The van der Waals surface area contributed by atoms with Gasteiger partial charge in [0.1, 0.15) is 0 Å². The van der Waals surface area contributed by atoms with Gasteiger partial charge in [-0.05, 0) is 19.3 Å². The normalized spacial score (nSPS) is 11.6. The molecule has 0 bridgehead atoms. The van der Waals surface area contributed by atoms with Gasteiger partial charge in [-0.2, -0.15) is 0 Å². The molecule has 0 amide bonds. The van der Waals surface area contributed by atoms with Crippen molar-refractivity contribution in [2.45, 2.75) is 54.4 Å². The molecule has 0 aromatic carbocycles. The molecule has 0 saturated heterocycles. The lowest BCUT2D eigenvalue weighted by molar-refractivity contribution is -0.147. The topological polar surface area (TPSA) is 26.3 Å². The van der Waals surface area contributed by atoms with Crippen LogP contribution in [-0.4, -0.2) is 12.6 Å². The van der Waals surface area contributed by atoms with Gasteiger partial charge in [-0.15, -0.1) is 0 Å². The highest BCUT2D eigenvalue weighted by atomic mass is 16.5. The van der Waals surface area contributed by atoms with E-state index in [1.807, 2.05) is 20.8 Å². The smallest absolute Gasteiger partial charge is 0.308 e. The second kappa shape index (κ2) is 10.6. The first-order valence-electron chi connectivity index (χ1n) is 5.66. The molecule has 2 nitrogen and oxygen atoms in total. The van der Waals surface area contributed by atoms with Crippen LogP contribution < -0.4 is 0 Å². The maximum atomic E-state index is 10.8. The standard InChI is InChI=1S/C7H14O2.C5H12/c1-4-6(3)7(8)9-5-2;1-4-5(2)3/h6H,4-5H2,1-3H3;5H,4H2,1-3H3. The molecule has 0 aliphatic heterocycles. The number of carbonyl (C=O) groups is 1. The summed E-state index contributed by atoms with van der Waals surface area (Å²) in [4.78, 5) is 10.8. The number of ether oxygens (including phenoxy) is 1. The fraction of sp³-hybridized carbons (Fsp3) is 0.917. The van der Waals surface area contributed by atoms with Crippen molar-refractivity contribution in [2.75, 3.05) is 6.61 Å². The van der Waals surface area contributed by atoms with Crippen LogP contribution in [0.4, 0.5) is 0 Å². The fourth-order valence-electron chi connectivity index (χ4n) is 0.451. The van der Waals surface area contributed by atoms with Crippen LogP contribution >= 0.6 is 0 Å². The Hall–Kier alpha value is -0.530. The summed E-state index contributed by atoms with van der Waals surface area (Å²) in [6.07, 6.45) is 2.17. The third-order valence-corrected chi connectivity index (χ3v) is 2.12. The Bertz CT molecular complexity index is 130. The predicted octanol–water partition coefficient (Wildman–Crippen LogP) is 3.65. The summed E-state index contributed by atoms with van der Waals surface area (Å²) in [5.74, 6) is 0.861. The van der Waals surface area contributed by atoms with Gasteiger partial charge < -0.3 is 4.74 Å². The van der Waals surface area contributed by atoms with Crippen LogP contribution in [0.25, 0.3) is 0 Å². The molecule has 0 radical (unpaired) electrons. The lowest BCUT2D eigenvalue weighted by Crippen LogP contribution is -2.13. The van der Waals surface area contributed by atoms with Crippen molar-refractivity contribution in [2.24, 2.45) is 11.8 Å². The number of esters is 1. The van der Waals surface area contributed by atoms with Crippen molar-refractivity contribution in [3.8, 4) is 0 Å². The molecule has 14 heavy (non-hydrogen) atoms. The third-order valence-electron chi connectivity index (χ3n) is 2.12. The number of rotatable bonds is 4. The minimum Gasteiger partial charge on any atom is -0.466 e. The van der Waals surface area contributed by atoms with Crippen LogP contribution in [0.2, 0.25) is 0 Å². The Labute approximate surface area is 89.0 Å². The summed E-state index contributed by atoms with van der Waals surface area (Å²) >= 11 is 0. The minimum atomic E-state index is -0.0833. The summed E-state index contributed by atoms with van der Waals surface area (Å²) in [6.45, 7) is 12.8. The summed E-state index contributed by atoms with van der Waals surface area (Å²) in [5.41, 5.74) is 0. The van der Waals surface area contributed by atoms with Gasteiger partial charge in [0.05, 0.1) is 12.5 Å². The number of carbonyl (C=O) groups excluding carboxylic acids is 1. The monoisotopic (exact) mass is 202 g/mol. The molecular weight excluding hydrogens is 176 g/mol. The zero-order valence-corrected chi connectivity index (χ0v) is 10.6. The van der Waals surface area contributed by atoms with E-state index >= 15 is 0 Å². The maximum absolute atomic E-state index is 10.8. The molecule has 0 heterocycles. The van der Waals surface area contributed by atoms with Crippen molar-refractivity contribution in [3.63, 3.8) is 0 Å². The van der Waals surface area contributed by atoms with Crippen molar-refractivity contribution in [1.82, 2.24) is 0 Å². The van der Waals surface area contributed by atoms with Gasteiger partial charge >= 0.3 is 5.97 Å². The largest absolute Gasteiger partial charge is 0.466 e. The molecule has 2 heteroatoms. The number of hydrogen-bond acceptors (Lipinski definition) is 2. The summed E-state index contributed by atoms with van der Waals surface area (Å²) < 4.78 is 4.76. The zero-order valence-electron chi connectivity index (χ0n) is 10.6. The Morgan fingerprint density at radius 3 is 1.71 bits per heavy atom. The van der Waals surface area contributed by atoms with Crippen LogP contribution in [0.5, 0.6) is 0 Å². The first kappa shape index (κ1) is 15.9. The van der Waals surface area contributed by atoms with E-state index in [0.717, 1.165) is 12.3 Å². The highest BCUT2D eigenvalue weighted by molar-refractivity contribution is 5.71. The first-order chi connectivity index (χ1) is 6.49. The van der Waals surface area contributed by atoms with E-state index in [9.17, 15) is 4.79 Å². The van der Waals surface area contributed by atoms with Gasteiger partial charge in [0.2, 0.25) is 0 Å². The second-order valence-electron chi connectivity index (χ2n) is 3.86. The van der Waals surface area contributed by atoms with E-state index in [1.54, 1.807) is 0 Å². The molecular formula is C12H26O2. The molecule has 1 unspecified atom stereocenters. The van der Waals surface area contributed by atoms with Crippen LogP contribution in [0.3, 0.4) is 0 Å². The van der Waals surface area contributed by atoms with Gasteiger partial charge in [0, 0.05) is 0 Å². The average molecular weight is 202 g/mol. The zero-order chi connectivity index (χ0) is 11.6. The van der Waals surface area contributed by atoms with E-state index in [0.29, 0.717) is 6.61 Å². The Balaban J connectivity index is 0. The SMILES string of the molecule is CCC(C)C.CCOC(=O)C(C)CC. The highest BCUT2D eigenvalue weighted by Gasteiger charge is 2.09. The van der Waals surface area contributed by atoms with Crippen LogP contribution in [0, 0.1) is 11.8 Å². The van der Waals surface area contributed by atoms with Gasteiger partial charge in [-0.1, -0.05) is 41.0 Å². The van der Waals surface area contributed by atoms with E-state index in [1.165, 1.54) is 6.42 Å². The molecule has 0 saturated carbocycles.